The van der Waals surface area contributed by atoms with Crippen LogP contribution in [0.4, 0.5) is 0 Å². The average Bonchev–Trinajstić information content (AvgIpc) is 3.29. The standard InChI is InChI=1S/C59H114O6/c1-5-7-9-11-13-15-17-19-27-31-35-39-43-47-51-58(61)64-54-56(53-63-57(60)50-46-42-38-34-30-18-16-14-12-10-8-6-2)65-59(62)52-48-44-40-36-32-28-25-23-21-20-22-24-26-29-33-37-41-45-49-55(3)4/h55-56H,5-54H2,1-4H3/t56-/m1/s1. The maximum absolute atomic E-state index is 12.9. The summed E-state index contributed by atoms with van der Waals surface area (Å²) in [4.78, 5) is 38.1. The van der Waals surface area contributed by atoms with Gasteiger partial charge in [0.25, 0.3) is 0 Å². The molecular weight excluding hydrogens is 805 g/mol. The zero-order valence-corrected chi connectivity index (χ0v) is 44.5. The minimum absolute atomic E-state index is 0.0617. The van der Waals surface area contributed by atoms with E-state index >= 15 is 0 Å². The monoisotopic (exact) mass is 919 g/mol. The lowest BCUT2D eigenvalue weighted by molar-refractivity contribution is -0.167. The summed E-state index contributed by atoms with van der Waals surface area (Å²) in [7, 11) is 0. The molecule has 65 heavy (non-hydrogen) atoms. The molecule has 6 nitrogen and oxygen atoms in total. The molecule has 0 N–H and O–H groups in total. The third kappa shape index (κ3) is 53.2. The third-order valence-electron chi connectivity index (χ3n) is 13.5. The van der Waals surface area contributed by atoms with Gasteiger partial charge in [0.05, 0.1) is 0 Å². The first kappa shape index (κ1) is 63.4. The number of carbonyl (C=O) groups is 3. The molecule has 0 bridgehead atoms. The van der Waals surface area contributed by atoms with Crippen LogP contribution in [0.25, 0.3) is 0 Å². The third-order valence-corrected chi connectivity index (χ3v) is 13.5. The number of carbonyl (C=O) groups excluding carboxylic acids is 3. The van der Waals surface area contributed by atoms with Crippen LogP contribution < -0.4 is 0 Å². The fourth-order valence-corrected chi connectivity index (χ4v) is 9.10. The fourth-order valence-electron chi connectivity index (χ4n) is 9.10. The van der Waals surface area contributed by atoms with E-state index in [2.05, 4.69) is 27.7 Å². The van der Waals surface area contributed by atoms with Crippen molar-refractivity contribution in [2.75, 3.05) is 13.2 Å². The molecule has 0 unspecified atom stereocenters. The first-order valence-corrected chi connectivity index (χ1v) is 29.4. The van der Waals surface area contributed by atoms with Gasteiger partial charge < -0.3 is 14.2 Å². The molecule has 6 heteroatoms. The van der Waals surface area contributed by atoms with E-state index < -0.39 is 6.10 Å². The van der Waals surface area contributed by atoms with Gasteiger partial charge in [-0.1, -0.05) is 297 Å². The number of rotatable bonds is 54. The van der Waals surface area contributed by atoms with E-state index in [9.17, 15) is 14.4 Å². The van der Waals surface area contributed by atoms with Gasteiger partial charge in [0.15, 0.2) is 6.10 Å². The van der Waals surface area contributed by atoms with E-state index in [4.69, 9.17) is 14.2 Å². The molecule has 0 aliphatic carbocycles. The zero-order valence-electron chi connectivity index (χ0n) is 44.5. The highest BCUT2D eigenvalue weighted by atomic mass is 16.6. The van der Waals surface area contributed by atoms with Crippen LogP contribution in [0.5, 0.6) is 0 Å². The Morgan fingerprint density at radius 2 is 0.508 bits per heavy atom. The van der Waals surface area contributed by atoms with Crippen LogP contribution in [0.1, 0.15) is 336 Å². The van der Waals surface area contributed by atoms with Crippen LogP contribution in [0, 0.1) is 5.92 Å². The molecule has 0 radical (unpaired) electrons. The van der Waals surface area contributed by atoms with Crippen molar-refractivity contribution in [3.63, 3.8) is 0 Å². The molecule has 1 atom stereocenters. The van der Waals surface area contributed by atoms with Crippen LogP contribution in [0.3, 0.4) is 0 Å². The van der Waals surface area contributed by atoms with Crippen molar-refractivity contribution >= 4 is 17.9 Å². The Kier molecular flexibility index (Phi) is 52.1. The summed E-state index contributed by atoms with van der Waals surface area (Å²) in [5.41, 5.74) is 0. The van der Waals surface area contributed by atoms with Gasteiger partial charge in [-0.2, -0.15) is 0 Å². The van der Waals surface area contributed by atoms with Gasteiger partial charge in [0, 0.05) is 19.3 Å². The van der Waals surface area contributed by atoms with Crippen LogP contribution in [-0.2, 0) is 28.6 Å². The van der Waals surface area contributed by atoms with Gasteiger partial charge in [-0.3, -0.25) is 14.4 Å². The van der Waals surface area contributed by atoms with Crippen LogP contribution in [0.15, 0.2) is 0 Å². The molecule has 0 amide bonds. The Morgan fingerprint density at radius 3 is 0.754 bits per heavy atom. The highest BCUT2D eigenvalue weighted by Crippen LogP contribution is 2.18. The second-order valence-corrected chi connectivity index (χ2v) is 20.8. The molecule has 386 valence electrons. The van der Waals surface area contributed by atoms with Crippen LogP contribution in [-0.4, -0.2) is 37.2 Å². The quantitative estimate of drug-likeness (QED) is 0.0344. The average molecular weight is 920 g/mol. The van der Waals surface area contributed by atoms with Crippen molar-refractivity contribution in [2.24, 2.45) is 5.92 Å². The minimum Gasteiger partial charge on any atom is -0.462 e. The first-order valence-electron chi connectivity index (χ1n) is 29.4. The van der Waals surface area contributed by atoms with E-state index in [1.165, 1.54) is 231 Å². The predicted octanol–water partition coefficient (Wildman–Crippen LogP) is 19.4. The highest BCUT2D eigenvalue weighted by Gasteiger charge is 2.19. The molecule has 0 aromatic heterocycles. The largest absolute Gasteiger partial charge is 0.462 e. The van der Waals surface area contributed by atoms with Crippen molar-refractivity contribution in [2.45, 2.75) is 342 Å². The van der Waals surface area contributed by atoms with Crippen molar-refractivity contribution in [3.05, 3.63) is 0 Å². The Hall–Kier alpha value is -1.59. The van der Waals surface area contributed by atoms with Crippen LogP contribution in [0.2, 0.25) is 0 Å². The molecule has 0 saturated carbocycles. The SMILES string of the molecule is CCCCCCCCCCCCCCCCC(=O)OC[C@@H](COC(=O)CCCCCCCCCCCCCC)OC(=O)CCCCCCCCCCCCCCCCCCCCC(C)C. The van der Waals surface area contributed by atoms with Crippen molar-refractivity contribution in [3.8, 4) is 0 Å². The van der Waals surface area contributed by atoms with Gasteiger partial charge in [0.1, 0.15) is 13.2 Å². The molecule has 0 fully saturated rings. The van der Waals surface area contributed by atoms with Gasteiger partial charge in [-0.15, -0.1) is 0 Å². The second kappa shape index (κ2) is 53.4. The maximum atomic E-state index is 12.9. The molecular formula is C59H114O6. The molecule has 0 spiro atoms. The molecule has 0 saturated heterocycles. The first-order chi connectivity index (χ1) is 31.9. The summed E-state index contributed by atoms with van der Waals surface area (Å²) in [6.07, 6.45) is 58.1. The minimum atomic E-state index is -0.761. The topological polar surface area (TPSA) is 78.9 Å². The summed E-state index contributed by atoms with van der Waals surface area (Å²) in [6.45, 7) is 9.07. The molecule has 0 aliphatic heterocycles. The smallest absolute Gasteiger partial charge is 0.306 e. The molecule has 0 rings (SSSR count). The predicted molar refractivity (Wildman–Crippen MR) is 280 cm³/mol. The highest BCUT2D eigenvalue weighted by molar-refractivity contribution is 5.71. The molecule has 0 heterocycles. The Labute approximate surface area is 406 Å². The van der Waals surface area contributed by atoms with Crippen LogP contribution >= 0.6 is 0 Å². The Bertz CT molecular complexity index is 980. The van der Waals surface area contributed by atoms with Gasteiger partial charge in [-0.05, 0) is 25.2 Å². The van der Waals surface area contributed by atoms with Gasteiger partial charge in [0.2, 0.25) is 0 Å². The van der Waals surface area contributed by atoms with E-state index in [0.29, 0.717) is 19.3 Å². The van der Waals surface area contributed by atoms with E-state index in [-0.39, 0.29) is 31.1 Å². The van der Waals surface area contributed by atoms with E-state index in [1.807, 2.05) is 0 Å². The lowest BCUT2D eigenvalue weighted by Gasteiger charge is -2.18. The molecule has 0 aliphatic rings. The fraction of sp³-hybridized carbons (Fsp3) is 0.949. The summed E-state index contributed by atoms with van der Waals surface area (Å²) >= 11 is 0. The van der Waals surface area contributed by atoms with E-state index in [1.54, 1.807) is 0 Å². The van der Waals surface area contributed by atoms with Gasteiger partial charge >= 0.3 is 17.9 Å². The maximum Gasteiger partial charge on any atom is 0.306 e. The number of esters is 3. The second-order valence-electron chi connectivity index (χ2n) is 20.8. The van der Waals surface area contributed by atoms with Crippen molar-refractivity contribution in [1.29, 1.82) is 0 Å². The lowest BCUT2D eigenvalue weighted by atomic mass is 10.0. The molecule has 0 aromatic carbocycles. The zero-order chi connectivity index (χ0) is 47.4. The number of unbranched alkanes of at least 4 members (excludes halogenated alkanes) is 41. The van der Waals surface area contributed by atoms with Crippen molar-refractivity contribution < 1.29 is 28.6 Å². The summed E-state index contributed by atoms with van der Waals surface area (Å²) < 4.78 is 16.9. The lowest BCUT2D eigenvalue weighted by Crippen LogP contribution is -2.30. The van der Waals surface area contributed by atoms with E-state index in [0.717, 1.165) is 63.7 Å². The number of ether oxygens (including phenoxy) is 3. The van der Waals surface area contributed by atoms with Crippen molar-refractivity contribution in [1.82, 2.24) is 0 Å². The van der Waals surface area contributed by atoms with Gasteiger partial charge in [-0.25, -0.2) is 0 Å². The molecule has 0 aromatic rings. The summed E-state index contributed by atoms with van der Waals surface area (Å²) in [5, 5.41) is 0. The number of hydrogen-bond donors (Lipinski definition) is 0. The number of hydrogen-bond acceptors (Lipinski definition) is 6. The summed E-state index contributed by atoms with van der Waals surface area (Å²) in [5.74, 6) is 0.0239. The Balaban J connectivity index is 4.24. The Morgan fingerprint density at radius 1 is 0.292 bits per heavy atom. The summed E-state index contributed by atoms with van der Waals surface area (Å²) in [6, 6.07) is 0. The normalized spacial score (nSPS) is 12.0.